The van der Waals surface area contributed by atoms with Gasteiger partial charge in [0.05, 0.1) is 6.42 Å². The molecule has 2 amide bonds. The summed E-state index contributed by atoms with van der Waals surface area (Å²) in [7, 11) is 0. The van der Waals surface area contributed by atoms with E-state index in [2.05, 4.69) is 17.6 Å². The molecule has 2 bridgehead atoms. The first kappa shape index (κ1) is 32.3. The number of hydrogen-bond donors (Lipinski definition) is 4. The number of carbonyl (C=O) groups is 2. The third-order valence-corrected chi connectivity index (χ3v) is 7.28. The minimum atomic E-state index is -2.01. The van der Waals surface area contributed by atoms with Gasteiger partial charge in [-0.3, -0.25) is 4.79 Å². The number of para-hydroxylation sites is 1. The fraction of sp³-hybridized carbons (Fsp3) is 0.733. The molecule has 0 spiro atoms. The van der Waals surface area contributed by atoms with Gasteiger partial charge in [-0.1, -0.05) is 82.9 Å². The molecule has 1 saturated heterocycles. The van der Waals surface area contributed by atoms with Crippen molar-refractivity contribution in [3.05, 3.63) is 29.8 Å². The Bertz CT molecular complexity index is 942. The first-order valence-electron chi connectivity index (χ1n) is 14.8. The number of aliphatic hydroxyl groups excluding tert-OH is 1. The second-order valence-corrected chi connectivity index (χ2v) is 11.3. The Labute approximate surface area is 238 Å². The zero-order chi connectivity index (χ0) is 29.0. The van der Waals surface area contributed by atoms with Gasteiger partial charge < -0.3 is 39.8 Å². The van der Waals surface area contributed by atoms with Gasteiger partial charge in [-0.05, 0) is 18.1 Å². The standard InChI is InChI=1S/C30H48N2O8/c1-4-5-6-7-8-9-10-11-12-15-18-37-21-30(36)27-26(34)24(38-30)20-31-28(35)32-23-17-14-13-16-22(23)19-25(33)39-29(2,3)40-27/h13-14,16-17,24,26-27,34,36H,4-12,15,18-21H2,1-3H3,(H2,31,32,35)/t24-,26+,27-,30+/m0/s1. The first-order chi connectivity index (χ1) is 19.1. The zero-order valence-electron chi connectivity index (χ0n) is 24.3. The van der Waals surface area contributed by atoms with E-state index in [1.807, 2.05) is 0 Å². The number of unbranched alkanes of at least 4 members (excludes halogenated alkanes) is 9. The monoisotopic (exact) mass is 564 g/mol. The predicted octanol–water partition coefficient (Wildman–Crippen LogP) is 4.41. The summed E-state index contributed by atoms with van der Waals surface area (Å²) in [5.74, 6) is -4.09. The van der Waals surface area contributed by atoms with Crippen LogP contribution in [-0.2, 0) is 30.2 Å². The topological polar surface area (TPSA) is 136 Å². The lowest BCUT2D eigenvalue weighted by molar-refractivity contribution is -0.309. The second kappa shape index (κ2) is 15.7. The predicted molar refractivity (Wildman–Crippen MR) is 151 cm³/mol. The summed E-state index contributed by atoms with van der Waals surface area (Å²) < 4.78 is 23.1. The lowest BCUT2D eigenvalue weighted by Gasteiger charge is -2.35. The molecule has 0 radical (unpaired) electrons. The Morgan fingerprint density at radius 1 is 0.975 bits per heavy atom. The van der Waals surface area contributed by atoms with Gasteiger partial charge in [0.15, 0.2) is 0 Å². The lowest BCUT2D eigenvalue weighted by Crippen LogP contribution is -2.53. The van der Waals surface area contributed by atoms with Crippen LogP contribution in [0.2, 0.25) is 0 Å². The van der Waals surface area contributed by atoms with Gasteiger partial charge in [-0.2, -0.15) is 0 Å². The average molecular weight is 565 g/mol. The summed E-state index contributed by atoms with van der Waals surface area (Å²) >= 11 is 0. The van der Waals surface area contributed by atoms with E-state index in [0.717, 1.165) is 19.3 Å². The van der Waals surface area contributed by atoms with Crippen LogP contribution in [0.15, 0.2) is 24.3 Å². The van der Waals surface area contributed by atoms with Crippen LogP contribution in [-0.4, -0.2) is 71.9 Å². The van der Waals surface area contributed by atoms with Crippen molar-refractivity contribution < 1.29 is 38.7 Å². The van der Waals surface area contributed by atoms with Crippen molar-refractivity contribution >= 4 is 17.7 Å². The Morgan fingerprint density at radius 2 is 1.62 bits per heavy atom. The Balaban J connectivity index is 1.55. The molecule has 0 aliphatic carbocycles. The van der Waals surface area contributed by atoms with Gasteiger partial charge in [-0.25, -0.2) is 4.79 Å². The van der Waals surface area contributed by atoms with Gasteiger partial charge in [0.25, 0.3) is 0 Å². The highest BCUT2D eigenvalue weighted by molar-refractivity contribution is 5.91. The number of rotatable bonds is 13. The molecule has 4 N–H and O–H groups in total. The van der Waals surface area contributed by atoms with E-state index in [1.165, 1.54) is 58.8 Å². The average Bonchev–Trinajstić information content (AvgIpc) is 3.12. The van der Waals surface area contributed by atoms with E-state index >= 15 is 0 Å². The smallest absolute Gasteiger partial charge is 0.319 e. The second-order valence-electron chi connectivity index (χ2n) is 11.3. The summed E-state index contributed by atoms with van der Waals surface area (Å²) in [5.41, 5.74) is 1.03. The third kappa shape index (κ3) is 9.99. The van der Waals surface area contributed by atoms with Crippen LogP contribution >= 0.6 is 0 Å². The summed E-state index contributed by atoms with van der Waals surface area (Å²) in [6, 6.07) is 6.36. The molecule has 226 valence electrons. The number of urea groups is 1. The van der Waals surface area contributed by atoms with Gasteiger partial charge in [0.1, 0.15) is 24.9 Å². The molecule has 3 rings (SSSR count). The summed E-state index contributed by atoms with van der Waals surface area (Å²) in [5, 5.41) is 27.8. The molecule has 40 heavy (non-hydrogen) atoms. The Morgan fingerprint density at radius 3 is 2.33 bits per heavy atom. The number of nitrogens with one attached hydrogen (secondary N) is 2. The minimum Gasteiger partial charge on any atom is -0.433 e. The van der Waals surface area contributed by atoms with Gasteiger partial charge in [0.2, 0.25) is 11.6 Å². The molecule has 0 saturated carbocycles. The molecule has 1 aromatic rings. The van der Waals surface area contributed by atoms with Gasteiger partial charge in [0, 0.05) is 32.7 Å². The normalized spacial score (nSPS) is 26.8. The van der Waals surface area contributed by atoms with Crippen molar-refractivity contribution in [1.29, 1.82) is 0 Å². The number of amides is 2. The summed E-state index contributed by atoms with van der Waals surface area (Å²) in [4.78, 5) is 25.3. The molecule has 2 aliphatic rings. The maximum atomic E-state index is 12.7. The van der Waals surface area contributed by atoms with Crippen LogP contribution in [0.5, 0.6) is 0 Å². The summed E-state index contributed by atoms with van der Waals surface area (Å²) in [6.45, 7) is 5.39. The van der Waals surface area contributed by atoms with Crippen molar-refractivity contribution in [2.24, 2.45) is 0 Å². The Kier molecular flexibility index (Phi) is 12.6. The molecule has 0 unspecified atom stereocenters. The van der Waals surface area contributed by atoms with Crippen LogP contribution in [0.25, 0.3) is 0 Å². The molecule has 2 aliphatic heterocycles. The fourth-order valence-electron chi connectivity index (χ4n) is 5.16. The maximum absolute atomic E-state index is 12.7. The molecule has 4 atom stereocenters. The molecule has 1 fully saturated rings. The van der Waals surface area contributed by atoms with E-state index in [0.29, 0.717) is 17.9 Å². The lowest BCUT2D eigenvalue weighted by atomic mass is 10.0. The van der Waals surface area contributed by atoms with E-state index in [-0.39, 0.29) is 19.6 Å². The van der Waals surface area contributed by atoms with Crippen molar-refractivity contribution in [3.63, 3.8) is 0 Å². The number of carbonyl (C=O) groups excluding carboxylic acids is 2. The highest BCUT2D eigenvalue weighted by Crippen LogP contribution is 2.35. The van der Waals surface area contributed by atoms with Crippen LogP contribution in [0.1, 0.15) is 90.5 Å². The Hall–Kier alpha value is -2.24. The van der Waals surface area contributed by atoms with Crippen molar-refractivity contribution in [2.45, 2.75) is 121 Å². The quantitative estimate of drug-likeness (QED) is 0.204. The van der Waals surface area contributed by atoms with Crippen LogP contribution in [0, 0.1) is 0 Å². The maximum Gasteiger partial charge on any atom is 0.319 e. The number of fused-ring (bicyclic) bond motifs is 3. The highest BCUT2D eigenvalue weighted by Gasteiger charge is 2.57. The summed E-state index contributed by atoms with van der Waals surface area (Å²) in [6.07, 6.45) is 8.31. The van der Waals surface area contributed by atoms with Crippen molar-refractivity contribution in [2.75, 3.05) is 25.1 Å². The van der Waals surface area contributed by atoms with Crippen LogP contribution < -0.4 is 10.6 Å². The van der Waals surface area contributed by atoms with E-state index < -0.39 is 41.9 Å². The van der Waals surface area contributed by atoms with Crippen molar-refractivity contribution in [3.8, 4) is 0 Å². The zero-order valence-corrected chi connectivity index (χ0v) is 24.3. The van der Waals surface area contributed by atoms with Gasteiger partial charge in [-0.15, -0.1) is 0 Å². The SMILES string of the molecule is CCCCCCCCCCCCOC[C@@]1(O)O[C@H]2CNC(=O)Nc3ccccc3CC(=O)OC(C)(C)O[C@H]1[C@@H]2O. The number of ether oxygens (including phenoxy) is 4. The minimum absolute atomic E-state index is 0.0873. The fourth-order valence-corrected chi connectivity index (χ4v) is 5.16. The third-order valence-electron chi connectivity index (χ3n) is 7.28. The molecule has 10 nitrogen and oxygen atoms in total. The number of aliphatic hydroxyl groups is 2. The van der Waals surface area contributed by atoms with E-state index in [9.17, 15) is 19.8 Å². The molecule has 10 heteroatoms. The van der Waals surface area contributed by atoms with Crippen LogP contribution in [0.3, 0.4) is 0 Å². The number of anilines is 1. The number of benzene rings is 1. The van der Waals surface area contributed by atoms with Crippen molar-refractivity contribution in [1.82, 2.24) is 5.32 Å². The molecular formula is C30H48N2O8. The largest absolute Gasteiger partial charge is 0.433 e. The number of hydrogen-bond acceptors (Lipinski definition) is 8. The van der Waals surface area contributed by atoms with Crippen LogP contribution in [0.4, 0.5) is 10.5 Å². The highest BCUT2D eigenvalue weighted by atomic mass is 16.8. The first-order valence-corrected chi connectivity index (χ1v) is 14.8. The van der Waals surface area contributed by atoms with E-state index in [4.69, 9.17) is 18.9 Å². The van der Waals surface area contributed by atoms with E-state index in [1.54, 1.807) is 24.3 Å². The molecule has 1 aromatic carbocycles. The molecular weight excluding hydrogens is 516 g/mol. The van der Waals surface area contributed by atoms with Gasteiger partial charge >= 0.3 is 12.0 Å². The number of cyclic esters (lactones) is 1. The molecule has 2 heterocycles. The number of esters is 1. The molecule has 0 aromatic heterocycles.